The lowest BCUT2D eigenvalue weighted by Gasteiger charge is -2.19. The molecule has 0 unspecified atom stereocenters. The molecule has 1 rings (SSSR count). The Kier molecular flexibility index (Phi) is 11.5. The predicted molar refractivity (Wildman–Crippen MR) is 97.8 cm³/mol. The monoisotopic (exact) mass is 390 g/mol. The van der Waals surface area contributed by atoms with Crippen LogP contribution in [0.2, 0.25) is 0 Å². The molecule has 0 aliphatic rings. The first-order valence-corrected chi connectivity index (χ1v) is 7.01. The molecule has 0 saturated carbocycles. The number of hydrogen-bond acceptors (Lipinski definition) is 2. The molecule has 0 atom stereocenters. The second-order valence-electron chi connectivity index (χ2n) is 4.37. The Labute approximate surface area is 140 Å². The largest absolute Gasteiger partial charge is 0.355 e. The highest BCUT2D eigenvalue weighted by atomic mass is 127. The zero-order valence-corrected chi connectivity index (χ0v) is 15.1. The van der Waals surface area contributed by atoms with Gasteiger partial charge in [-0.05, 0) is 18.7 Å². The van der Waals surface area contributed by atoms with Gasteiger partial charge in [0.1, 0.15) is 0 Å². The molecule has 1 aromatic rings. The van der Waals surface area contributed by atoms with Gasteiger partial charge in [0.25, 0.3) is 0 Å². The Morgan fingerprint density at radius 1 is 1.10 bits per heavy atom. The van der Waals surface area contributed by atoms with Crippen molar-refractivity contribution in [2.45, 2.75) is 20.4 Å². The van der Waals surface area contributed by atoms with Gasteiger partial charge in [-0.3, -0.25) is 4.99 Å². The van der Waals surface area contributed by atoms with Gasteiger partial charge in [-0.1, -0.05) is 44.2 Å². The maximum Gasteiger partial charge on any atom is 0.191 e. The third-order valence-corrected chi connectivity index (χ3v) is 3.14. The Morgan fingerprint density at radius 2 is 1.75 bits per heavy atom. The Hall–Kier alpha value is -0.820. The molecule has 0 amide bonds. The molecule has 1 aromatic carbocycles. The summed E-state index contributed by atoms with van der Waals surface area (Å²) < 4.78 is 0. The fourth-order valence-electron chi connectivity index (χ4n) is 1.87. The summed E-state index contributed by atoms with van der Waals surface area (Å²) in [5.41, 5.74) is 1.26. The van der Waals surface area contributed by atoms with Crippen LogP contribution in [-0.4, -0.2) is 44.1 Å². The van der Waals surface area contributed by atoms with Gasteiger partial charge in [-0.2, -0.15) is 0 Å². The molecule has 0 heterocycles. The van der Waals surface area contributed by atoms with Crippen LogP contribution in [0.1, 0.15) is 19.4 Å². The zero-order valence-electron chi connectivity index (χ0n) is 12.7. The Bertz CT molecular complexity index is 363. The van der Waals surface area contributed by atoms with E-state index in [4.69, 9.17) is 0 Å². The molecule has 0 aromatic heterocycles. The van der Waals surface area contributed by atoms with Gasteiger partial charge in [0.05, 0.1) is 0 Å². The van der Waals surface area contributed by atoms with Crippen molar-refractivity contribution in [2.24, 2.45) is 4.99 Å². The summed E-state index contributed by atoms with van der Waals surface area (Å²) in [6.45, 7) is 9.31. The summed E-state index contributed by atoms with van der Waals surface area (Å²) in [6.07, 6.45) is 0. The maximum absolute atomic E-state index is 4.23. The van der Waals surface area contributed by atoms with Crippen molar-refractivity contribution >= 4 is 29.9 Å². The van der Waals surface area contributed by atoms with Crippen LogP contribution in [0.25, 0.3) is 0 Å². The van der Waals surface area contributed by atoms with Crippen molar-refractivity contribution in [1.29, 1.82) is 0 Å². The first-order chi connectivity index (χ1) is 9.30. The third kappa shape index (κ3) is 7.69. The van der Waals surface area contributed by atoms with E-state index in [2.05, 4.69) is 46.5 Å². The average molecular weight is 390 g/mol. The van der Waals surface area contributed by atoms with Gasteiger partial charge >= 0.3 is 0 Å². The molecule has 0 radical (unpaired) electrons. The lowest BCUT2D eigenvalue weighted by Crippen LogP contribution is -2.41. The van der Waals surface area contributed by atoms with E-state index in [9.17, 15) is 0 Å². The molecule has 0 saturated heterocycles. The molecule has 0 fully saturated rings. The highest BCUT2D eigenvalue weighted by molar-refractivity contribution is 14.0. The van der Waals surface area contributed by atoms with Crippen LogP contribution in [0.15, 0.2) is 35.3 Å². The predicted octanol–water partition coefficient (Wildman–Crippen LogP) is 2.31. The molecule has 20 heavy (non-hydrogen) atoms. The highest BCUT2D eigenvalue weighted by Crippen LogP contribution is 1.96. The molecule has 5 heteroatoms. The number of aliphatic imine (C=N–C) groups is 1. The minimum Gasteiger partial charge on any atom is -0.355 e. The number of halogens is 1. The number of nitrogens with one attached hydrogen (secondary N) is 2. The minimum atomic E-state index is 0. The molecule has 0 bridgehead atoms. The minimum absolute atomic E-state index is 0. The van der Waals surface area contributed by atoms with Gasteiger partial charge in [0, 0.05) is 26.7 Å². The summed E-state index contributed by atoms with van der Waals surface area (Å²) in [7, 11) is 1.80. The van der Waals surface area contributed by atoms with E-state index >= 15 is 0 Å². The second kappa shape index (κ2) is 12.0. The molecule has 0 aliphatic carbocycles. The van der Waals surface area contributed by atoms with Crippen molar-refractivity contribution in [3.63, 3.8) is 0 Å². The van der Waals surface area contributed by atoms with Crippen LogP contribution >= 0.6 is 24.0 Å². The fraction of sp³-hybridized carbons (Fsp3) is 0.533. The highest BCUT2D eigenvalue weighted by Gasteiger charge is 2.00. The molecule has 4 nitrogen and oxygen atoms in total. The van der Waals surface area contributed by atoms with Gasteiger partial charge in [0.2, 0.25) is 0 Å². The number of rotatable bonds is 7. The number of hydrogen-bond donors (Lipinski definition) is 2. The van der Waals surface area contributed by atoms with Gasteiger partial charge < -0.3 is 15.5 Å². The lowest BCUT2D eigenvalue weighted by atomic mass is 10.2. The Morgan fingerprint density at radius 3 is 2.30 bits per heavy atom. The maximum atomic E-state index is 4.23. The smallest absolute Gasteiger partial charge is 0.191 e. The third-order valence-electron chi connectivity index (χ3n) is 3.14. The van der Waals surface area contributed by atoms with E-state index in [1.807, 2.05) is 18.2 Å². The van der Waals surface area contributed by atoms with Crippen LogP contribution in [-0.2, 0) is 6.54 Å². The molecule has 2 N–H and O–H groups in total. The van der Waals surface area contributed by atoms with E-state index in [-0.39, 0.29) is 24.0 Å². The number of likely N-dealkylation sites (N-methyl/N-ethyl adjacent to an activating group) is 1. The zero-order chi connectivity index (χ0) is 13.9. The lowest BCUT2D eigenvalue weighted by molar-refractivity contribution is 0.308. The van der Waals surface area contributed by atoms with Crippen LogP contribution in [0.5, 0.6) is 0 Å². The molecule has 0 spiro atoms. The van der Waals surface area contributed by atoms with Crippen molar-refractivity contribution in [3.8, 4) is 0 Å². The summed E-state index contributed by atoms with van der Waals surface area (Å²) >= 11 is 0. The van der Waals surface area contributed by atoms with E-state index in [1.165, 1.54) is 5.56 Å². The van der Waals surface area contributed by atoms with Crippen LogP contribution < -0.4 is 10.6 Å². The average Bonchev–Trinajstić information content (AvgIpc) is 2.48. The summed E-state index contributed by atoms with van der Waals surface area (Å²) in [4.78, 5) is 6.61. The van der Waals surface area contributed by atoms with Crippen molar-refractivity contribution in [2.75, 3.05) is 33.2 Å². The first kappa shape index (κ1) is 19.2. The standard InChI is InChI=1S/C15H26N4.HI/c1-4-19(5-2)12-11-17-15(16-3)18-13-14-9-7-6-8-10-14;/h6-10H,4-5,11-13H2,1-3H3,(H2,16,17,18);1H. The number of guanidine groups is 1. The molecule has 114 valence electrons. The molecular weight excluding hydrogens is 363 g/mol. The summed E-state index contributed by atoms with van der Waals surface area (Å²) in [5, 5.41) is 6.65. The fourth-order valence-corrected chi connectivity index (χ4v) is 1.87. The second-order valence-corrected chi connectivity index (χ2v) is 4.37. The van der Waals surface area contributed by atoms with E-state index < -0.39 is 0 Å². The quantitative estimate of drug-likeness (QED) is 0.427. The topological polar surface area (TPSA) is 39.7 Å². The number of nitrogens with zero attached hydrogens (tertiary/aromatic N) is 2. The van der Waals surface area contributed by atoms with Gasteiger partial charge in [-0.15, -0.1) is 24.0 Å². The van der Waals surface area contributed by atoms with Crippen LogP contribution in [0.4, 0.5) is 0 Å². The molecular formula is C15H27IN4. The number of benzene rings is 1. The van der Waals surface area contributed by atoms with Crippen LogP contribution in [0, 0.1) is 0 Å². The van der Waals surface area contributed by atoms with Crippen LogP contribution in [0.3, 0.4) is 0 Å². The van der Waals surface area contributed by atoms with Crippen molar-refractivity contribution in [1.82, 2.24) is 15.5 Å². The SMILES string of the molecule is CCN(CC)CCNC(=NC)NCc1ccccc1.I. The van der Waals surface area contributed by atoms with Gasteiger partial charge in [-0.25, -0.2) is 0 Å². The van der Waals surface area contributed by atoms with Gasteiger partial charge in [0.15, 0.2) is 5.96 Å². The van der Waals surface area contributed by atoms with Crippen molar-refractivity contribution < 1.29 is 0 Å². The Balaban J connectivity index is 0.00000361. The molecule has 0 aliphatic heterocycles. The van der Waals surface area contributed by atoms with E-state index in [0.717, 1.165) is 38.7 Å². The summed E-state index contributed by atoms with van der Waals surface area (Å²) in [6, 6.07) is 10.3. The first-order valence-electron chi connectivity index (χ1n) is 7.01. The van der Waals surface area contributed by atoms with Crippen molar-refractivity contribution in [3.05, 3.63) is 35.9 Å². The summed E-state index contributed by atoms with van der Waals surface area (Å²) in [5.74, 6) is 0.857. The van der Waals surface area contributed by atoms with E-state index in [0.29, 0.717) is 0 Å². The van der Waals surface area contributed by atoms with E-state index in [1.54, 1.807) is 7.05 Å². The normalized spacial score (nSPS) is 11.1.